The van der Waals surface area contributed by atoms with E-state index in [1.54, 1.807) is 0 Å². The summed E-state index contributed by atoms with van der Waals surface area (Å²) in [5.41, 5.74) is 0.655. The molecular formula is C22H21ClFN5O5. The Morgan fingerprint density at radius 2 is 2.18 bits per heavy atom. The van der Waals surface area contributed by atoms with Gasteiger partial charge in [-0.15, -0.1) is 0 Å². The van der Waals surface area contributed by atoms with Gasteiger partial charge in [-0.25, -0.2) is 14.4 Å². The molecule has 1 aromatic heterocycles. The summed E-state index contributed by atoms with van der Waals surface area (Å²) in [5.74, 6) is -0.449. The largest absolute Gasteiger partial charge is 0.487 e. The number of morpholine rings is 1. The molecular weight excluding hydrogens is 469 g/mol. The SMILES string of the molecule is C[C@H]1CN(CCCOc2cc3ncnc(Nc4ccc(F)c(Cl)c4)c3cc2[N+](=O)[O-])CC(=O)O1. The van der Waals surface area contributed by atoms with Crippen LogP contribution in [0.15, 0.2) is 36.7 Å². The van der Waals surface area contributed by atoms with Crippen LogP contribution in [0.5, 0.6) is 5.75 Å². The van der Waals surface area contributed by atoms with Gasteiger partial charge < -0.3 is 14.8 Å². The summed E-state index contributed by atoms with van der Waals surface area (Å²) in [6, 6.07) is 6.89. The molecule has 2 aromatic carbocycles. The van der Waals surface area contributed by atoms with E-state index in [0.29, 0.717) is 41.9 Å². The zero-order valence-electron chi connectivity index (χ0n) is 18.2. The number of anilines is 2. The zero-order chi connectivity index (χ0) is 24.2. The highest BCUT2D eigenvalue weighted by Crippen LogP contribution is 2.35. The topological polar surface area (TPSA) is 120 Å². The van der Waals surface area contributed by atoms with Gasteiger partial charge in [-0.3, -0.25) is 19.8 Å². The van der Waals surface area contributed by atoms with E-state index in [9.17, 15) is 19.3 Å². The molecule has 1 aliphatic heterocycles. The van der Waals surface area contributed by atoms with Crippen molar-refractivity contribution in [1.82, 2.24) is 14.9 Å². The van der Waals surface area contributed by atoms with Crippen molar-refractivity contribution >= 4 is 45.7 Å². The highest BCUT2D eigenvalue weighted by atomic mass is 35.5. The van der Waals surface area contributed by atoms with Gasteiger partial charge in [0.25, 0.3) is 0 Å². The molecule has 1 fully saturated rings. The zero-order valence-corrected chi connectivity index (χ0v) is 18.9. The van der Waals surface area contributed by atoms with E-state index >= 15 is 0 Å². The maximum absolute atomic E-state index is 13.4. The molecule has 4 rings (SSSR count). The number of fused-ring (bicyclic) bond motifs is 1. The van der Waals surface area contributed by atoms with Crippen LogP contribution in [-0.2, 0) is 9.53 Å². The van der Waals surface area contributed by atoms with E-state index in [2.05, 4.69) is 15.3 Å². The molecule has 0 saturated carbocycles. The number of nitro groups is 1. The summed E-state index contributed by atoms with van der Waals surface area (Å²) in [6.45, 7) is 3.49. The summed E-state index contributed by atoms with van der Waals surface area (Å²) in [6.07, 6.45) is 1.70. The van der Waals surface area contributed by atoms with Gasteiger partial charge >= 0.3 is 11.7 Å². The number of carbonyl (C=O) groups is 1. The van der Waals surface area contributed by atoms with E-state index in [1.807, 2.05) is 11.8 Å². The first-order chi connectivity index (χ1) is 16.3. The van der Waals surface area contributed by atoms with Gasteiger partial charge in [0.15, 0.2) is 5.75 Å². The molecule has 0 radical (unpaired) electrons. The van der Waals surface area contributed by atoms with Crippen molar-refractivity contribution in [2.24, 2.45) is 0 Å². The summed E-state index contributed by atoms with van der Waals surface area (Å²) in [7, 11) is 0. The number of aromatic nitrogens is 2. The Hall–Kier alpha value is -3.57. The van der Waals surface area contributed by atoms with Crippen molar-refractivity contribution in [2.75, 3.05) is 31.6 Å². The van der Waals surface area contributed by atoms with Crippen LogP contribution in [0, 0.1) is 15.9 Å². The van der Waals surface area contributed by atoms with Gasteiger partial charge in [-0.1, -0.05) is 11.6 Å². The average Bonchev–Trinajstić information content (AvgIpc) is 2.78. The number of hydrogen-bond donors (Lipinski definition) is 1. The lowest BCUT2D eigenvalue weighted by Gasteiger charge is -2.29. The van der Waals surface area contributed by atoms with Crippen LogP contribution in [0.2, 0.25) is 5.02 Å². The normalized spacial score (nSPS) is 16.3. The standard InChI is InChI=1S/C22H21ClFN5O5/c1-13-10-28(11-21(30)34-13)5-2-6-33-20-9-18-15(8-19(20)29(31)32)22(26-12-25-18)27-14-3-4-17(24)16(23)7-14/h3-4,7-9,12-13H,2,5-6,10-11H2,1H3,(H,25,26,27)/t13-/m0/s1. The first-order valence-corrected chi connectivity index (χ1v) is 10.9. The number of esters is 1. The summed E-state index contributed by atoms with van der Waals surface area (Å²) in [5, 5.41) is 15.0. The Bertz CT molecular complexity index is 1240. The van der Waals surface area contributed by atoms with Crippen LogP contribution in [0.4, 0.5) is 21.6 Å². The predicted octanol–water partition coefficient (Wildman–Crippen LogP) is 4.09. The summed E-state index contributed by atoms with van der Waals surface area (Å²) in [4.78, 5) is 33.0. The molecule has 12 heteroatoms. The lowest BCUT2D eigenvalue weighted by Crippen LogP contribution is -2.44. The first-order valence-electron chi connectivity index (χ1n) is 10.5. The molecule has 0 unspecified atom stereocenters. The molecule has 10 nitrogen and oxygen atoms in total. The van der Waals surface area contributed by atoms with Gasteiger partial charge in [0.2, 0.25) is 0 Å². The van der Waals surface area contributed by atoms with Crippen molar-refractivity contribution in [3.05, 3.63) is 57.6 Å². The second kappa shape index (κ2) is 10.1. The molecule has 1 saturated heterocycles. The van der Waals surface area contributed by atoms with Gasteiger partial charge in [0.1, 0.15) is 24.1 Å². The third kappa shape index (κ3) is 5.49. The number of benzene rings is 2. The van der Waals surface area contributed by atoms with Gasteiger partial charge in [-0.2, -0.15) is 0 Å². The minimum atomic E-state index is -0.563. The van der Waals surface area contributed by atoms with Crippen LogP contribution in [-0.4, -0.2) is 58.1 Å². The van der Waals surface area contributed by atoms with Gasteiger partial charge in [0.05, 0.1) is 34.0 Å². The Morgan fingerprint density at radius 3 is 2.91 bits per heavy atom. The fourth-order valence-corrected chi connectivity index (χ4v) is 3.87. The molecule has 0 amide bonds. The second-order valence-electron chi connectivity index (χ2n) is 7.81. The number of carbonyl (C=O) groups excluding carboxylic acids is 1. The Balaban J connectivity index is 1.50. The minimum Gasteiger partial charge on any atom is -0.487 e. The number of hydrogen-bond acceptors (Lipinski definition) is 9. The van der Waals surface area contributed by atoms with E-state index < -0.39 is 10.7 Å². The van der Waals surface area contributed by atoms with Crippen LogP contribution in [0.3, 0.4) is 0 Å². The van der Waals surface area contributed by atoms with Crippen LogP contribution >= 0.6 is 11.6 Å². The third-order valence-electron chi connectivity index (χ3n) is 5.17. The van der Waals surface area contributed by atoms with Gasteiger partial charge in [0, 0.05) is 30.9 Å². The number of ether oxygens (including phenoxy) is 2. The molecule has 34 heavy (non-hydrogen) atoms. The number of nitrogens with zero attached hydrogens (tertiary/aromatic N) is 4. The molecule has 1 N–H and O–H groups in total. The van der Waals surface area contributed by atoms with Crippen molar-refractivity contribution in [3.63, 3.8) is 0 Å². The fraction of sp³-hybridized carbons (Fsp3) is 0.318. The minimum absolute atomic E-state index is 0.0686. The quantitative estimate of drug-likeness (QED) is 0.216. The molecule has 178 valence electrons. The van der Waals surface area contributed by atoms with Crippen LogP contribution in [0.1, 0.15) is 13.3 Å². The lowest BCUT2D eigenvalue weighted by atomic mass is 10.2. The predicted molar refractivity (Wildman–Crippen MR) is 123 cm³/mol. The maximum Gasteiger partial charge on any atom is 0.320 e. The number of halogens is 2. The fourth-order valence-electron chi connectivity index (χ4n) is 3.69. The molecule has 3 aromatic rings. The lowest BCUT2D eigenvalue weighted by molar-refractivity contribution is -0.385. The van der Waals surface area contributed by atoms with E-state index in [1.165, 1.54) is 36.7 Å². The number of cyclic esters (lactones) is 1. The monoisotopic (exact) mass is 489 g/mol. The van der Waals surface area contributed by atoms with E-state index in [-0.39, 0.29) is 41.7 Å². The number of nitrogens with one attached hydrogen (secondary N) is 1. The molecule has 0 bridgehead atoms. The first kappa shape index (κ1) is 23.6. The number of nitro benzene ring substituents is 1. The van der Waals surface area contributed by atoms with E-state index in [0.717, 1.165) is 0 Å². The summed E-state index contributed by atoms with van der Waals surface area (Å²) < 4.78 is 24.3. The average molecular weight is 490 g/mol. The van der Waals surface area contributed by atoms with E-state index in [4.69, 9.17) is 21.1 Å². The Kier molecular flexibility index (Phi) is 7.03. The highest BCUT2D eigenvalue weighted by molar-refractivity contribution is 6.31. The highest BCUT2D eigenvalue weighted by Gasteiger charge is 2.23. The van der Waals surface area contributed by atoms with Crippen molar-refractivity contribution < 1.29 is 23.6 Å². The van der Waals surface area contributed by atoms with Crippen molar-refractivity contribution in [1.29, 1.82) is 0 Å². The van der Waals surface area contributed by atoms with Crippen LogP contribution < -0.4 is 10.1 Å². The number of rotatable bonds is 8. The maximum atomic E-state index is 13.4. The smallest absolute Gasteiger partial charge is 0.320 e. The molecule has 0 spiro atoms. The van der Waals surface area contributed by atoms with Crippen molar-refractivity contribution in [3.8, 4) is 5.75 Å². The summed E-state index contributed by atoms with van der Waals surface area (Å²) >= 11 is 5.83. The molecule has 1 atom stereocenters. The van der Waals surface area contributed by atoms with Gasteiger partial charge in [-0.05, 0) is 31.5 Å². The molecule has 0 aliphatic carbocycles. The van der Waals surface area contributed by atoms with Crippen LogP contribution in [0.25, 0.3) is 10.9 Å². The third-order valence-corrected chi connectivity index (χ3v) is 5.46. The second-order valence-corrected chi connectivity index (χ2v) is 8.22. The molecule has 1 aliphatic rings. The van der Waals surface area contributed by atoms with Crippen molar-refractivity contribution in [2.45, 2.75) is 19.4 Å². The Morgan fingerprint density at radius 1 is 1.35 bits per heavy atom. The Labute approximate surface area is 198 Å². The molecule has 2 heterocycles.